The molecule has 1 amide bonds. The molecule has 0 spiro atoms. The van der Waals surface area contributed by atoms with Crippen LogP contribution in [0.4, 0.5) is 5.69 Å². The van der Waals surface area contributed by atoms with Crippen molar-refractivity contribution in [3.63, 3.8) is 0 Å². The number of aromatic amines is 1. The number of nitrogen functional groups attached to an aromatic ring is 1. The standard InChI is InChI=1S/C20H18N4O/c21-15-8-5-13(6-9-15)7-10-19-17(20(25)24-23-19)11-14-12-22-18-4-2-1-3-16(14)18/h1-6,8-9,11-12,22H,7,10,21H2,(H,24,25). The van der Waals surface area contributed by atoms with Crippen LogP contribution in [0.15, 0.2) is 65.4 Å². The highest BCUT2D eigenvalue weighted by Crippen LogP contribution is 2.23. The van der Waals surface area contributed by atoms with Gasteiger partial charge in [-0.05, 0) is 42.7 Å². The van der Waals surface area contributed by atoms with Crippen LogP contribution in [0.5, 0.6) is 0 Å². The normalized spacial score (nSPS) is 15.6. The van der Waals surface area contributed by atoms with E-state index in [2.05, 4.69) is 15.5 Å². The average molecular weight is 330 g/mol. The second kappa shape index (κ2) is 6.28. The van der Waals surface area contributed by atoms with Crippen molar-refractivity contribution in [3.8, 4) is 0 Å². The summed E-state index contributed by atoms with van der Waals surface area (Å²) in [5.74, 6) is -0.155. The number of hydrogen-bond acceptors (Lipinski definition) is 3. The van der Waals surface area contributed by atoms with Crippen LogP contribution >= 0.6 is 0 Å². The molecule has 0 unspecified atom stereocenters. The molecule has 0 fully saturated rings. The molecule has 0 bridgehead atoms. The summed E-state index contributed by atoms with van der Waals surface area (Å²) in [5.41, 5.74) is 13.7. The summed E-state index contributed by atoms with van der Waals surface area (Å²) in [4.78, 5) is 15.4. The summed E-state index contributed by atoms with van der Waals surface area (Å²) in [6, 6.07) is 15.8. The van der Waals surface area contributed by atoms with Crippen LogP contribution in [0, 0.1) is 0 Å². The van der Waals surface area contributed by atoms with Crippen molar-refractivity contribution < 1.29 is 4.79 Å². The van der Waals surface area contributed by atoms with E-state index in [4.69, 9.17) is 5.73 Å². The van der Waals surface area contributed by atoms with E-state index in [9.17, 15) is 4.79 Å². The van der Waals surface area contributed by atoms with E-state index < -0.39 is 0 Å². The first-order valence-corrected chi connectivity index (χ1v) is 8.20. The van der Waals surface area contributed by atoms with Crippen LogP contribution in [-0.2, 0) is 11.2 Å². The molecular formula is C20H18N4O. The van der Waals surface area contributed by atoms with Crippen molar-refractivity contribution in [1.82, 2.24) is 10.4 Å². The van der Waals surface area contributed by atoms with E-state index in [1.165, 1.54) is 5.56 Å². The monoisotopic (exact) mass is 330 g/mol. The predicted octanol–water partition coefficient (Wildman–Crippen LogP) is 3.25. The number of nitrogens with two attached hydrogens (primary N) is 1. The molecule has 3 aromatic rings. The number of amides is 1. The number of anilines is 1. The molecule has 5 nitrogen and oxygen atoms in total. The van der Waals surface area contributed by atoms with Gasteiger partial charge in [-0.25, -0.2) is 5.43 Å². The van der Waals surface area contributed by atoms with Gasteiger partial charge in [-0.2, -0.15) is 5.10 Å². The minimum absolute atomic E-state index is 0.155. The van der Waals surface area contributed by atoms with Crippen molar-refractivity contribution in [1.29, 1.82) is 0 Å². The van der Waals surface area contributed by atoms with Gasteiger partial charge in [0.05, 0.1) is 11.3 Å². The number of carbonyl (C=O) groups is 1. The Morgan fingerprint density at radius 3 is 2.68 bits per heavy atom. The fourth-order valence-electron chi connectivity index (χ4n) is 3.03. The van der Waals surface area contributed by atoms with Crippen molar-refractivity contribution in [2.75, 3.05) is 5.73 Å². The summed E-state index contributed by atoms with van der Waals surface area (Å²) >= 11 is 0. The third-order valence-corrected chi connectivity index (χ3v) is 4.40. The summed E-state index contributed by atoms with van der Waals surface area (Å²) in [7, 11) is 0. The Bertz CT molecular complexity index is 996. The first kappa shape index (κ1) is 15.2. The Labute approximate surface area is 145 Å². The minimum atomic E-state index is -0.155. The SMILES string of the molecule is Nc1ccc(CCC2=NNC(=O)C2=Cc2c[nH]c3ccccc23)cc1. The van der Waals surface area contributed by atoms with E-state index in [0.717, 1.165) is 34.3 Å². The Morgan fingerprint density at radius 2 is 1.84 bits per heavy atom. The highest BCUT2D eigenvalue weighted by atomic mass is 16.2. The molecule has 0 radical (unpaired) electrons. The average Bonchev–Trinajstić information content (AvgIpc) is 3.20. The van der Waals surface area contributed by atoms with Crippen molar-refractivity contribution in [2.45, 2.75) is 12.8 Å². The van der Waals surface area contributed by atoms with E-state index in [-0.39, 0.29) is 5.91 Å². The molecular weight excluding hydrogens is 312 g/mol. The van der Waals surface area contributed by atoms with Gasteiger partial charge >= 0.3 is 0 Å². The van der Waals surface area contributed by atoms with E-state index >= 15 is 0 Å². The van der Waals surface area contributed by atoms with Gasteiger partial charge < -0.3 is 10.7 Å². The zero-order valence-corrected chi connectivity index (χ0v) is 13.6. The van der Waals surface area contributed by atoms with Gasteiger partial charge in [0.15, 0.2) is 0 Å². The lowest BCUT2D eigenvalue weighted by Gasteiger charge is -2.03. The lowest BCUT2D eigenvalue weighted by Crippen LogP contribution is -2.13. The number of aryl methyl sites for hydroxylation is 1. The number of nitrogens with zero attached hydrogens (tertiary/aromatic N) is 1. The topological polar surface area (TPSA) is 83.3 Å². The van der Waals surface area contributed by atoms with Gasteiger partial charge in [-0.1, -0.05) is 30.3 Å². The number of hydrazone groups is 1. The summed E-state index contributed by atoms with van der Waals surface area (Å²) < 4.78 is 0. The summed E-state index contributed by atoms with van der Waals surface area (Å²) in [6.45, 7) is 0. The first-order chi connectivity index (χ1) is 12.2. The maximum Gasteiger partial charge on any atom is 0.273 e. The second-order valence-electron chi connectivity index (χ2n) is 6.09. The zero-order chi connectivity index (χ0) is 17.2. The Balaban J connectivity index is 1.58. The molecule has 25 heavy (non-hydrogen) atoms. The molecule has 0 saturated heterocycles. The van der Waals surface area contributed by atoms with E-state index in [0.29, 0.717) is 12.0 Å². The molecule has 5 heteroatoms. The number of rotatable bonds is 4. The van der Waals surface area contributed by atoms with Crippen LogP contribution in [0.3, 0.4) is 0 Å². The fourth-order valence-corrected chi connectivity index (χ4v) is 3.03. The van der Waals surface area contributed by atoms with Gasteiger partial charge in [0.25, 0.3) is 5.91 Å². The molecule has 1 aromatic heterocycles. The van der Waals surface area contributed by atoms with Gasteiger partial charge in [0.2, 0.25) is 0 Å². The number of benzene rings is 2. The van der Waals surface area contributed by atoms with Crippen LogP contribution < -0.4 is 11.2 Å². The molecule has 2 heterocycles. The van der Waals surface area contributed by atoms with Gasteiger partial charge in [-0.15, -0.1) is 0 Å². The van der Waals surface area contributed by atoms with Gasteiger partial charge in [0, 0.05) is 28.4 Å². The van der Waals surface area contributed by atoms with Crippen LogP contribution in [-0.4, -0.2) is 16.6 Å². The lowest BCUT2D eigenvalue weighted by molar-refractivity contribution is -0.116. The Hall–Kier alpha value is -3.34. The number of fused-ring (bicyclic) bond motifs is 1. The second-order valence-corrected chi connectivity index (χ2v) is 6.09. The van der Waals surface area contributed by atoms with E-state index in [1.807, 2.05) is 60.8 Å². The number of carbonyl (C=O) groups excluding carboxylic acids is 1. The Kier molecular flexibility index (Phi) is 3.82. The smallest absolute Gasteiger partial charge is 0.273 e. The van der Waals surface area contributed by atoms with Crippen molar-refractivity contribution in [3.05, 3.63) is 71.4 Å². The van der Waals surface area contributed by atoms with Crippen LogP contribution in [0.1, 0.15) is 17.5 Å². The highest BCUT2D eigenvalue weighted by Gasteiger charge is 2.22. The maximum atomic E-state index is 12.2. The molecule has 4 rings (SSSR count). The molecule has 124 valence electrons. The molecule has 2 aromatic carbocycles. The molecule has 0 saturated carbocycles. The quantitative estimate of drug-likeness (QED) is 0.507. The lowest BCUT2D eigenvalue weighted by atomic mass is 10.00. The van der Waals surface area contributed by atoms with Crippen LogP contribution in [0.2, 0.25) is 0 Å². The number of hydrogen-bond donors (Lipinski definition) is 3. The van der Waals surface area contributed by atoms with Crippen molar-refractivity contribution in [2.24, 2.45) is 5.10 Å². The summed E-state index contributed by atoms with van der Waals surface area (Å²) in [5, 5.41) is 5.30. The highest BCUT2D eigenvalue weighted by molar-refractivity contribution is 6.28. The number of para-hydroxylation sites is 1. The van der Waals surface area contributed by atoms with Gasteiger partial charge in [-0.3, -0.25) is 4.79 Å². The van der Waals surface area contributed by atoms with E-state index in [1.54, 1.807) is 0 Å². The molecule has 1 aliphatic heterocycles. The number of H-pyrrole nitrogens is 1. The molecule has 0 aliphatic carbocycles. The first-order valence-electron chi connectivity index (χ1n) is 8.20. The van der Waals surface area contributed by atoms with Crippen LogP contribution in [0.25, 0.3) is 17.0 Å². The molecule has 1 aliphatic rings. The third-order valence-electron chi connectivity index (χ3n) is 4.40. The largest absolute Gasteiger partial charge is 0.399 e. The Morgan fingerprint density at radius 1 is 1.04 bits per heavy atom. The minimum Gasteiger partial charge on any atom is -0.399 e. The third kappa shape index (κ3) is 3.04. The molecule has 0 atom stereocenters. The summed E-state index contributed by atoms with van der Waals surface area (Å²) in [6.07, 6.45) is 5.32. The number of nitrogens with one attached hydrogen (secondary N) is 2. The zero-order valence-electron chi connectivity index (χ0n) is 13.6. The van der Waals surface area contributed by atoms with Gasteiger partial charge in [0.1, 0.15) is 0 Å². The number of aromatic nitrogens is 1. The maximum absolute atomic E-state index is 12.2. The molecule has 4 N–H and O–H groups in total. The van der Waals surface area contributed by atoms with Crippen molar-refractivity contribution >= 4 is 34.3 Å². The predicted molar refractivity (Wildman–Crippen MR) is 101 cm³/mol. The fraction of sp³-hybridized carbons (Fsp3) is 0.100.